The first-order chi connectivity index (χ1) is 8.74. The standard InChI is InChI=1S/C12H16N2.2C2H6/c1-4-8(2)10-6-5-9(3)11-12(10)14-7-13-11;2*1-2/h5-8H,4H2,1-3H3,(H,13,14);2*1-2H3. The number of benzene rings is 1. The second-order valence-corrected chi connectivity index (χ2v) is 3.91. The summed E-state index contributed by atoms with van der Waals surface area (Å²) in [6.45, 7) is 14.6. The molecule has 2 heteroatoms. The zero-order valence-corrected chi connectivity index (χ0v) is 13.0. The molecule has 1 aromatic carbocycles. The molecule has 1 N–H and O–H groups in total. The molecule has 1 atom stereocenters. The minimum absolute atomic E-state index is 0.596. The Balaban J connectivity index is 0.000000659. The van der Waals surface area contributed by atoms with Crippen LogP contribution in [0.1, 0.15) is 65.0 Å². The topological polar surface area (TPSA) is 28.7 Å². The molecule has 18 heavy (non-hydrogen) atoms. The molecule has 0 spiro atoms. The SMILES string of the molecule is CC.CC.CCC(C)c1ccc(C)c2nc[nH]c12. The molecule has 2 nitrogen and oxygen atoms in total. The number of aromatic amines is 1. The predicted octanol–water partition coefficient (Wildman–Crippen LogP) is 5.44. The summed E-state index contributed by atoms with van der Waals surface area (Å²) < 4.78 is 0. The van der Waals surface area contributed by atoms with Crippen LogP contribution in [0.4, 0.5) is 0 Å². The fourth-order valence-electron chi connectivity index (χ4n) is 1.82. The van der Waals surface area contributed by atoms with E-state index >= 15 is 0 Å². The monoisotopic (exact) mass is 248 g/mol. The Labute approximate surface area is 112 Å². The van der Waals surface area contributed by atoms with E-state index in [0.29, 0.717) is 5.92 Å². The van der Waals surface area contributed by atoms with Crippen LogP contribution >= 0.6 is 0 Å². The number of nitrogens with zero attached hydrogens (tertiary/aromatic N) is 1. The maximum absolute atomic E-state index is 4.34. The van der Waals surface area contributed by atoms with Crippen LogP contribution in [0.15, 0.2) is 18.5 Å². The van der Waals surface area contributed by atoms with Crippen molar-refractivity contribution in [1.82, 2.24) is 9.97 Å². The Morgan fingerprint density at radius 1 is 1.17 bits per heavy atom. The molecule has 2 aromatic rings. The molecule has 0 saturated heterocycles. The molecule has 1 unspecified atom stereocenters. The predicted molar refractivity (Wildman–Crippen MR) is 82.2 cm³/mol. The van der Waals surface area contributed by atoms with Gasteiger partial charge in [0.1, 0.15) is 0 Å². The summed E-state index contributed by atoms with van der Waals surface area (Å²) in [6.07, 6.45) is 2.95. The van der Waals surface area contributed by atoms with E-state index in [9.17, 15) is 0 Å². The quantitative estimate of drug-likeness (QED) is 0.753. The highest BCUT2D eigenvalue weighted by Gasteiger charge is 2.10. The molecule has 0 aliphatic heterocycles. The number of hydrogen-bond donors (Lipinski definition) is 1. The molecule has 0 aliphatic rings. The Morgan fingerprint density at radius 2 is 1.78 bits per heavy atom. The normalized spacial score (nSPS) is 11.1. The van der Waals surface area contributed by atoms with E-state index < -0.39 is 0 Å². The van der Waals surface area contributed by atoms with Crippen molar-refractivity contribution in [1.29, 1.82) is 0 Å². The van der Waals surface area contributed by atoms with Crippen molar-refractivity contribution in [2.45, 2.75) is 60.8 Å². The van der Waals surface area contributed by atoms with Crippen molar-refractivity contribution in [2.75, 3.05) is 0 Å². The zero-order chi connectivity index (χ0) is 14.1. The number of rotatable bonds is 2. The van der Waals surface area contributed by atoms with Gasteiger partial charge >= 0.3 is 0 Å². The second kappa shape index (κ2) is 8.73. The lowest BCUT2D eigenvalue weighted by Crippen LogP contribution is -1.93. The minimum Gasteiger partial charge on any atom is -0.344 e. The van der Waals surface area contributed by atoms with Crippen molar-refractivity contribution in [3.05, 3.63) is 29.6 Å². The third-order valence-corrected chi connectivity index (χ3v) is 2.96. The summed E-state index contributed by atoms with van der Waals surface area (Å²) in [5, 5.41) is 0. The first-order valence-electron chi connectivity index (χ1n) is 7.16. The van der Waals surface area contributed by atoms with E-state index in [0.717, 1.165) is 11.9 Å². The third-order valence-electron chi connectivity index (χ3n) is 2.96. The van der Waals surface area contributed by atoms with Crippen molar-refractivity contribution >= 4 is 11.0 Å². The Hall–Kier alpha value is -1.31. The molecule has 0 radical (unpaired) electrons. The van der Waals surface area contributed by atoms with Gasteiger partial charge < -0.3 is 4.98 Å². The van der Waals surface area contributed by atoms with E-state index in [1.54, 1.807) is 6.33 Å². The van der Waals surface area contributed by atoms with Gasteiger partial charge in [-0.3, -0.25) is 0 Å². The summed E-state index contributed by atoms with van der Waals surface area (Å²) in [4.78, 5) is 7.57. The molecular weight excluding hydrogens is 220 g/mol. The average Bonchev–Trinajstić information content (AvgIpc) is 2.93. The highest BCUT2D eigenvalue weighted by molar-refractivity contribution is 5.81. The van der Waals surface area contributed by atoms with Gasteiger partial charge in [0.15, 0.2) is 0 Å². The highest BCUT2D eigenvalue weighted by Crippen LogP contribution is 2.26. The maximum Gasteiger partial charge on any atom is 0.0932 e. The van der Waals surface area contributed by atoms with Crippen molar-refractivity contribution in [3.8, 4) is 0 Å². The van der Waals surface area contributed by atoms with Gasteiger partial charge in [0, 0.05) is 0 Å². The summed E-state index contributed by atoms with van der Waals surface area (Å²) >= 11 is 0. The van der Waals surface area contributed by atoms with E-state index in [2.05, 4.69) is 42.9 Å². The van der Waals surface area contributed by atoms with Crippen molar-refractivity contribution in [3.63, 3.8) is 0 Å². The van der Waals surface area contributed by atoms with Crippen LogP contribution in [0.25, 0.3) is 11.0 Å². The van der Waals surface area contributed by atoms with Crippen molar-refractivity contribution < 1.29 is 0 Å². The van der Waals surface area contributed by atoms with Gasteiger partial charge in [-0.25, -0.2) is 4.98 Å². The molecule has 0 saturated carbocycles. The van der Waals surface area contributed by atoms with Crippen LogP contribution in [0.5, 0.6) is 0 Å². The fourth-order valence-corrected chi connectivity index (χ4v) is 1.82. The largest absolute Gasteiger partial charge is 0.344 e. The second-order valence-electron chi connectivity index (χ2n) is 3.91. The van der Waals surface area contributed by atoms with Gasteiger partial charge in [0.25, 0.3) is 0 Å². The van der Waals surface area contributed by atoms with Gasteiger partial charge in [-0.05, 0) is 30.4 Å². The summed E-state index contributed by atoms with van der Waals surface area (Å²) in [6, 6.07) is 4.37. The molecule has 0 fully saturated rings. The van der Waals surface area contributed by atoms with Crippen molar-refractivity contribution in [2.24, 2.45) is 0 Å². The van der Waals surface area contributed by atoms with Gasteiger partial charge in [-0.15, -0.1) is 0 Å². The van der Waals surface area contributed by atoms with Gasteiger partial charge in [0.05, 0.1) is 17.4 Å². The molecule has 102 valence electrons. The molecule has 2 rings (SSSR count). The van der Waals surface area contributed by atoms with E-state index in [4.69, 9.17) is 0 Å². The fraction of sp³-hybridized carbons (Fsp3) is 0.562. The maximum atomic E-state index is 4.34. The smallest absolute Gasteiger partial charge is 0.0932 e. The van der Waals surface area contributed by atoms with Crippen LogP contribution in [0.3, 0.4) is 0 Å². The third kappa shape index (κ3) is 3.59. The van der Waals surface area contributed by atoms with Crippen LogP contribution in [-0.4, -0.2) is 9.97 Å². The average molecular weight is 248 g/mol. The Bertz CT molecular complexity index is 443. The van der Waals surface area contributed by atoms with Crippen LogP contribution < -0.4 is 0 Å². The first kappa shape index (κ1) is 16.7. The molecule has 1 aromatic heterocycles. The molecule has 0 amide bonds. The van der Waals surface area contributed by atoms with E-state index in [1.807, 2.05) is 27.7 Å². The number of nitrogens with one attached hydrogen (secondary N) is 1. The first-order valence-corrected chi connectivity index (χ1v) is 7.16. The molecule has 0 aliphatic carbocycles. The van der Waals surface area contributed by atoms with Gasteiger partial charge in [-0.2, -0.15) is 0 Å². The Kier molecular flexibility index (Phi) is 8.10. The van der Waals surface area contributed by atoms with Gasteiger partial charge in [-0.1, -0.05) is 53.7 Å². The van der Waals surface area contributed by atoms with Crippen LogP contribution in [0.2, 0.25) is 0 Å². The number of aryl methyl sites for hydroxylation is 1. The summed E-state index contributed by atoms with van der Waals surface area (Å²) in [5.41, 5.74) is 4.95. The molecule has 1 heterocycles. The van der Waals surface area contributed by atoms with Gasteiger partial charge in [0.2, 0.25) is 0 Å². The zero-order valence-electron chi connectivity index (χ0n) is 13.0. The van der Waals surface area contributed by atoms with Crippen LogP contribution in [0, 0.1) is 6.92 Å². The lowest BCUT2D eigenvalue weighted by atomic mass is 9.96. The summed E-state index contributed by atoms with van der Waals surface area (Å²) in [5.74, 6) is 0.596. The lowest BCUT2D eigenvalue weighted by molar-refractivity contribution is 0.738. The highest BCUT2D eigenvalue weighted by atomic mass is 14.9. The lowest BCUT2D eigenvalue weighted by Gasteiger charge is -2.10. The Morgan fingerprint density at radius 3 is 2.33 bits per heavy atom. The summed E-state index contributed by atoms with van der Waals surface area (Å²) in [7, 11) is 0. The number of aromatic nitrogens is 2. The van der Waals surface area contributed by atoms with Crippen LogP contribution in [-0.2, 0) is 0 Å². The number of imidazole rings is 1. The number of hydrogen-bond acceptors (Lipinski definition) is 1. The number of fused-ring (bicyclic) bond motifs is 1. The molecular formula is C16H28N2. The van der Waals surface area contributed by atoms with E-state index in [-0.39, 0.29) is 0 Å². The van der Waals surface area contributed by atoms with E-state index in [1.165, 1.54) is 16.6 Å². The molecule has 0 bridgehead atoms. The minimum atomic E-state index is 0.596. The number of H-pyrrole nitrogens is 1.